The van der Waals surface area contributed by atoms with Gasteiger partial charge in [0, 0.05) is 44.4 Å². The zero-order valence-corrected chi connectivity index (χ0v) is 18.2. The number of nitrogens with zero attached hydrogens (tertiary/aromatic N) is 3. The number of halogens is 1. The van der Waals surface area contributed by atoms with Gasteiger partial charge in [-0.1, -0.05) is 17.7 Å². The number of amides is 2. The number of rotatable bonds is 6. The molecule has 9 nitrogen and oxygen atoms in total. The SMILES string of the molecule is CC(Oc1cccc(Cl)c1)C(=O)N1CCN(S(=O)(=O)c2cc(C(N)=O)n(C)c2)CC1. The molecular formula is C19H23ClN4O5S. The van der Waals surface area contributed by atoms with Gasteiger partial charge in [-0.3, -0.25) is 9.59 Å². The van der Waals surface area contributed by atoms with Crippen molar-refractivity contribution in [3.8, 4) is 5.75 Å². The Bertz CT molecular complexity index is 1060. The first-order valence-electron chi connectivity index (χ1n) is 9.27. The Morgan fingerprint density at radius 3 is 2.40 bits per heavy atom. The van der Waals surface area contributed by atoms with E-state index in [2.05, 4.69) is 0 Å². The molecule has 1 saturated heterocycles. The van der Waals surface area contributed by atoms with Gasteiger partial charge >= 0.3 is 0 Å². The molecule has 1 aromatic heterocycles. The Morgan fingerprint density at radius 1 is 1.17 bits per heavy atom. The average Bonchev–Trinajstić information content (AvgIpc) is 3.10. The van der Waals surface area contributed by atoms with E-state index in [-0.39, 0.29) is 42.7 Å². The first kappa shape index (κ1) is 22.1. The van der Waals surface area contributed by atoms with Gasteiger partial charge in [-0.05, 0) is 31.2 Å². The Hall–Kier alpha value is -2.56. The zero-order valence-electron chi connectivity index (χ0n) is 16.6. The Balaban J connectivity index is 1.63. The molecule has 1 aliphatic rings. The minimum atomic E-state index is -3.80. The molecular weight excluding hydrogens is 432 g/mol. The van der Waals surface area contributed by atoms with Crippen molar-refractivity contribution in [2.75, 3.05) is 26.2 Å². The summed E-state index contributed by atoms with van der Waals surface area (Å²) < 4.78 is 34.1. The summed E-state index contributed by atoms with van der Waals surface area (Å²) in [5.41, 5.74) is 5.37. The monoisotopic (exact) mass is 454 g/mol. The smallest absolute Gasteiger partial charge is 0.265 e. The molecule has 0 bridgehead atoms. The molecule has 1 aliphatic heterocycles. The van der Waals surface area contributed by atoms with Crippen LogP contribution < -0.4 is 10.5 Å². The van der Waals surface area contributed by atoms with Crippen molar-refractivity contribution in [2.24, 2.45) is 12.8 Å². The molecule has 0 saturated carbocycles. The number of nitrogens with two attached hydrogens (primary N) is 1. The largest absolute Gasteiger partial charge is 0.481 e. The molecule has 11 heteroatoms. The van der Waals surface area contributed by atoms with E-state index >= 15 is 0 Å². The highest BCUT2D eigenvalue weighted by molar-refractivity contribution is 7.89. The van der Waals surface area contributed by atoms with Crippen LogP contribution in [0.25, 0.3) is 0 Å². The topological polar surface area (TPSA) is 115 Å². The van der Waals surface area contributed by atoms with Gasteiger partial charge in [0.1, 0.15) is 16.3 Å². The van der Waals surface area contributed by atoms with Gasteiger partial charge in [0.25, 0.3) is 11.8 Å². The summed E-state index contributed by atoms with van der Waals surface area (Å²) in [4.78, 5) is 25.6. The van der Waals surface area contributed by atoms with Crippen molar-refractivity contribution in [3.05, 3.63) is 47.2 Å². The first-order valence-corrected chi connectivity index (χ1v) is 11.1. The summed E-state index contributed by atoms with van der Waals surface area (Å²) in [6.45, 7) is 2.38. The van der Waals surface area contributed by atoms with Gasteiger partial charge in [0.05, 0.1) is 0 Å². The number of aryl methyl sites for hydroxylation is 1. The molecule has 0 spiro atoms. The van der Waals surface area contributed by atoms with Gasteiger partial charge in [-0.25, -0.2) is 8.42 Å². The van der Waals surface area contributed by atoms with Gasteiger partial charge in [-0.15, -0.1) is 0 Å². The molecule has 2 N–H and O–H groups in total. The van der Waals surface area contributed by atoms with Gasteiger partial charge < -0.3 is 19.9 Å². The third kappa shape index (κ3) is 4.61. The fourth-order valence-electron chi connectivity index (χ4n) is 3.27. The molecule has 1 fully saturated rings. The summed E-state index contributed by atoms with van der Waals surface area (Å²) in [5.74, 6) is -0.454. The highest BCUT2D eigenvalue weighted by Crippen LogP contribution is 2.22. The van der Waals surface area contributed by atoms with E-state index in [1.807, 2.05) is 0 Å². The summed E-state index contributed by atoms with van der Waals surface area (Å²) in [7, 11) is -2.25. The van der Waals surface area contributed by atoms with Gasteiger partial charge in [-0.2, -0.15) is 4.31 Å². The molecule has 0 aliphatic carbocycles. The number of hydrogen-bond acceptors (Lipinski definition) is 5. The number of piperazine rings is 1. The molecule has 1 unspecified atom stereocenters. The fourth-order valence-corrected chi connectivity index (χ4v) is 4.94. The molecule has 2 heterocycles. The third-order valence-corrected chi connectivity index (χ3v) is 6.98. The second-order valence-corrected chi connectivity index (χ2v) is 9.36. The van der Waals surface area contributed by atoms with E-state index in [1.54, 1.807) is 43.1 Å². The standard InChI is InChI=1S/C19H23ClN4O5S/c1-13(29-15-5-3-4-14(20)10-15)19(26)23-6-8-24(9-7-23)30(27,28)16-11-17(18(21)25)22(2)12-16/h3-5,10-13H,6-9H2,1-2H3,(H2,21,25). The quantitative estimate of drug-likeness (QED) is 0.701. The summed E-state index contributed by atoms with van der Waals surface area (Å²) in [6.07, 6.45) is 0.618. The van der Waals surface area contributed by atoms with Crippen LogP contribution in [0.1, 0.15) is 17.4 Å². The van der Waals surface area contributed by atoms with Crippen LogP contribution in [0.2, 0.25) is 5.02 Å². The molecule has 0 radical (unpaired) electrons. The predicted molar refractivity (Wildman–Crippen MR) is 111 cm³/mol. The second kappa shape index (κ2) is 8.66. The number of benzene rings is 1. The minimum absolute atomic E-state index is 0.00349. The van der Waals surface area contributed by atoms with Crippen molar-refractivity contribution < 1.29 is 22.7 Å². The van der Waals surface area contributed by atoms with Crippen LogP contribution in [0.5, 0.6) is 5.75 Å². The lowest BCUT2D eigenvalue weighted by Gasteiger charge is -2.35. The maximum absolute atomic E-state index is 12.9. The minimum Gasteiger partial charge on any atom is -0.481 e. The van der Waals surface area contributed by atoms with E-state index in [1.165, 1.54) is 21.1 Å². The predicted octanol–water partition coefficient (Wildman–Crippen LogP) is 1.08. The fraction of sp³-hybridized carbons (Fsp3) is 0.368. The summed E-state index contributed by atoms with van der Waals surface area (Å²) in [5, 5.41) is 0.506. The first-order chi connectivity index (χ1) is 14.1. The van der Waals surface area contributed by atoms with E-state index in [0.717, 1.165) is 0 Å². The average molecular weight is 455 g/mol. The summed E-state index contributed by atoms with van der Waals surface area (Å²) >= 11 is 5.93. The highest BCUT2D eigenvalue weighted by atomic mass is 35.5. The lowest BCUT2D eigenvalue weighted by Crippen LogP contribution is -2.53. The molecule has 3 rings (SSSR count). The number of hydrogen-bond donors (Lipinski definition) is 1. The highest BCUT2D eigenvalue weighted by Gasteiger charge is 2.33. The van der Waals surface area contributed by atoms with Gasteiger partial charge in [0.15, 0.2) is 6.10 Å². The lowest BCUT2D eigenvalue weighted by molar-refractivity contribution is -0.139. The van der Waals surface area contributed by atoms with Crippen LogP contribution >= 0.6 is 11.6 Å². The van der Waals surface area contributed by atoms with Crippen molar-refractivity contribution in [1.29, 1.82) is 0 Å². The van der Waals surface area contributed by atoms with Crippen LogP contribution in [-0.2, 0) is 21.9 Å². The second-order valence-electron chi connectivity index (χ2n) is 6.98. The number of sulfonamides is 1. The molecule has 162 valence electrons. The van der Waals surface area contributed by atoms with E-state index in [4.69, 9.17) is 22.1 Å². The van der Waals surface area contributed by atoms with Crippen molar-refractivity contribution in [3.63, 3.8) is 0 Å². The normalized spacial score (nSPS) is 16.3. The third-order valence-electron chi connectivity index (χ3n) is 4.88. The van der Waals surface area contributed by atoms with Crippen molar-refractivity contribution in [1.82, 2.24) is 13.8 Å². The van der Waals surface area contributed by atoms with E-state index in [0.29, 0.717) is 10.8 Å². The van der Waals surface area contributed by atoms with Crippen molar-refractivity contribution in [2.45, 2.75) is 17.9 Å². The van der Waals surface area contributed by atoms with Gasteiger partial charge in [0.2, 0.25) is 10.0 Å². The molecule has 1 aromatic carbocycles. The maximum Gasteiger partial charge on any atom is 0.265 e. The zero-order chi connectivity index (χ0) is 22.1. The number of aromatic nitrogens is 1. The van der Waals surface area contributed by atoms with Crippen LogP contribution in [0.4, 0.5) is 0 Å². The Labute approximate surface area is 180 Å². The lowest BCUT2D eigenvalue weighted by atomic mass is 10.2. The molecule has 30 heavy (non-hydrogen) atoms. The molecule has 2 aromatic rings. The Kier molecular flexibility index (Phi) is 6.39. The van der Waals surface area contributed by atoms with Crippen LogP contribution in [0, 0.1) is 0 Å². The van der Waals surface area contributed by atoms with Crippen LogP contribution in [0.3, 0.4) is 0 Å². The molecule has 2 amide bonds. The van der Waals surface area contributed by atoms with E-state index in [9.17, 15) is 18.0 Å². The number of carbonyl (C=O) groups excluding carboxylic acids is 2. The number of carbonyl (C=O) groups is 2. The van der Waals surface area contributed by atoms with Crippen molar-refractivity contribution >= 4 is 33.4 Å². The van der Waals surface area contributed by atoms with E-state index < -0.39 is 22.0 Å². The molecule has 1 atom stereocenters. The Morgan fingerprint density at radius 2 is 1.83 bits per heavy atom. The maximum atomic E-state index is 12.9. The van der Waals surface area contributed by atoms with Crippen LogP contribution in [0.15, 0.2) is 41.4 Å². The number of primary amides is 1. The summed E-state index contributed by atoms with van der Waals surface area (Å²) in [6, 6.07) is 8.03. The van der Waals surface area contributed by atoms with Crippen LogP contribution in [-0.4, -0.2) is 66.3 Å². The number of ether oxygens (including phenoxy) is 1.